The molecule has 2 N–H and O–H groups in total. The van der Waals surface area contributed by atoms with E-state index in [0.29, 0.717) is 17.4 Å². The second kappa shape index (κ2) is 9.28. The zero-order valence-corrected chi connectivity index (χ0v) is 13.1. The summed E-state index contributed by atoms with van der Waals surface area (Å²) in [5.41, 5.74) is 0.934. The van der Waals surface area contributed by atoms with E-state index in [-0.39, 0.29) is 5.82 Å². The Morgan fingerprint density at radius 2 is 1.73 bits per heavy atom. The largest absolute Gasteiger partial charge is 0.491 e. The maximum absolute atomic E-state index is 12.7. The second-order valence-corrected chi connectivity index (χ2v) is 5.22. The van der Waals surface area contributed by atoms with Crippen molar-refractivity contribution in [3.05, 3.63) is 59.4 Å². The van der Waals surface area contributed by atoms with Crippen LogP contribution in [0.25, 0.3) is 0 Å². The molecule has 0 radical (unpaired) electrons. The first-order valence-corrected chi connectivity index (χ1v) is 7.71. The number of nitrogens with one attached hydrogen (secondary N) is 2. The van der Waals surface area contributed by atoms with Gasteiger partial charge < -0.3 is 15.4 Å². The molecule has 0 saturated carbocycles. The first-order chi connectivity index (χ1) is 10.8. The zero-order chi connectivity index (χ0) is 15.6. The molecule has 0 aromatic heterocycles. The molecule has 0 heterocycles. The Hall–Kier alpha value is -1.78. The lowest BCUT2D eigenvalue weighted by atomic mass is 10.3. The Kier molecular flexibility index (Phi) is 7.00. The van der Waals surface area contributed by atoms with Gasteiger partial charge in [0.1, 0.15) is 18.2 Å². The van der Waals surface area contributed by atoms with Crippen molar-refractivity contribution < 1.29 is 9.13 Å². The predicted octanol–water partition coefficient (Wildman–Crippen LogP) is 3.95. The number of para-hydroxylation sites is 1. The molecule has 0 spiro atoms. The van der Waals surface area contributed by atoms with Gasteiger partial charge in [-0.3, -0.25) is 0 Å². The van der Waals surface area contributed by atoms with Crippen LogP contribution in [0.3, 0.4) is 0 Å². The molecular weight excluding hydrogens is 303 g/mol. The molecule has 0 aliphatic heterocycles. The van der Waals surface area contributed by atoms with Gasteiger partial charge >= 0.3 is 0 Å². The van der Waals surface area contributed by atoms with Gasteiger partial charge in [-0.2, -0.15) is 0 Å². The minimum Gasteiger partial charge on any atom is -0.491 e. The highest BCUT2D eigenvalue weighted by Gasteiger charge is 1.98. The highest BCUT2D eigenvalue weighted by atomic mass is 35.5. The van der Waals surface area contributed by atoms with E-state index in [4.69, 9.17) is 16.3 Å². The van der Waals surface area contributed by atoms with Crippen LogP contribution in [-0.4, -0.2) is 26.2 Å². The van der Waals surface area contributed by atoms with E-state index in [0.717, 1.165) is 31.7 Å². The summed E-state index contributed by atoms with van der Waals surface area (Å²) in [6, 6.07) is 13.8. The third kappa shape index (κ3) is 5.92. The molecule has 2 aromatic carbocycles. The summed E-state index contributed by atoms with van der Waals surface area (Å²) in [4.78, 5) is 0. The molecule has 3 nitrogen and oxygen atoms in total. The normalized spacial score (nSPS) is 10.5. The van der Waals surface area contributed by atoms with Gasteiger partial charge in [-0.25, -0.2) is 4.39 Å². The number of hydrogen-bond donors (Lipinski definition) is 2. The van der Waals surface area contributed by atoms with Gasteiger partial charge in [0.15, 0.2) is 0 Å². The van der Waals surface area contributed by atoms with E-state index < -0.39 is 0 Å². The fourth-order valence-electron chi connectivity index (χ4n) is 1.93. The van der Waals surface area contributed by atoms with E-state index in [1.807, 2.05) is 24.3 Å². The van der Waals surface area contributed by atoms with Crippen LogP contribution in [-0.2, 0) is 0 Å². The second-order valence-electron chi connectivity index (χ2n) is 4.82. The summed E-state index contributed by atoms with van der Waals surface area (Å²) < 4.78 is 18.3. The number of hydrogen-bond acceptors (Lipinski definition) is 3. The maximum atomic E-state index is 12.7. The minimum absolute atomic E-state index is 0.217. The van der Waals surface area contributed by atoms with Crippen molar-refractivity contribution in [1.29, 1.82) is 0 Å². The van der Waals surface area contributed by atoms with E-state index in [1.54, 1.807) is 12.1 Å². The standard InChI is InChI=1S/C17H20ClFN2O/c18-16-4-1-2-5-17(16)22-13-12-20-10-3-11-21-15-8-6-14(19)7-9-15/h1-2,4-9,20-21H,3,10-13H2. The summed E-state index contributed by atoms with van der Waals surface area (Å²) in [6.07, 6.45) is 0.976. The molecule has 0 bridgehead atoms. The summed E-state index contributed by atoms with van der Waals surface area (Å²) in [7, 11) is 0. The van der Waals surface area contributed by atoms with Crippen LogP contribution in [0.15, 0.2) is 48.5 Å². The molecule has 0 unspecified atom stereocenters. The minimum atomic E-state index is -0.217. The summed E-state index contributed by atoms with van der Waals surface area (Å²) >= 11 is 6.00. The van der Waals surface area contributed by atoms with Crippen LogP contribution < -0.4 is 15.4 Å². The number of anilines is 1. The lowest BCUT2D eigenvalue weighted by Gasteiger charge is -2.09. The van der Waals surface area contributed by atoms with Crippen molar-refractivity contribution in [3.8, 4) is 5.75 Å². The van der Waals surface area contributed by atoms with Crippen LogP contribution in [0.1, 0.15) is 6.42 Å². The number of benzene rings is 2. The molecule has 0 amide bonds. The quantitative estimate of drug-likeness (QED) is 0.686. The smallest absolute Gasteiger partial charge is 0.137 e. The SMILES string of the molecule is Fc1ccc(NCCCNCCOc2ccccc2Cl)cc1. The van der Waals surface area contributed by atoms with Crippen molar-refractivity contribution in [3.63, 3.8) is 0 Å². The van der Waals surface area contributed by atoms with Crippen LogP contribution >= 0.6 is 11.6 Å². The topological polar surface area (TPSA) is 33.3 Å². The van der Waals surface area contributed by atoms with Gasteiger partial charge in [-0.05, 0) is 49.4 Å². The molecular formula is C17H20ClFN2O. The van der Waals surface area contributed by atoms with E-state index in [1.165, 1.54) is 12.1 Å². The summed E-state index contributed by atoms with van der Waals surface area (Å²) in [6.45, 7) is 3.07. The average Bonchev–Trinajstić information content (AvgIpc) is 2.53. The summed E-state index contributed by atoms with van der Waals surface area (Å²) in [5, 5.41) is 7.17. The zero-order valence-electron chi connectivity index (χ0n) is 12.3. The Morgan fingerprint density at radius 1 is 0.955 bits per heavy atom. The maximum Gasteiger partial charge on any atom is 0.137 e. The Labute approximate surface area is 135 Å². The van der Waals surface area contributed by atoms with Crippen LogP contribution in [0.2, 0.25) is 5.02 Å². The first-order valence-electron chi connectivity index (χ1n) is 7.33. The third-order valence-electron chi connectivity index (χ3n) is 3.08. The summed E-state index contributed by atoms with van der Waals surface area (Å²) in [5.74, 6) is 0.495. The van der Waals surface area contributed by atoms with Crippen LogP contribution in [0.4, 0.5) is 10.1 Å². The van der Waals surface area contributed by atoms with Crippen molar-refractivity contribution in [2.75, 3.05) is 31.6 Å². The van der Waals surface area contributed by atoms with Gasteiger partial charge in [0.25, 0.3) is 0 Å². The molecule has 0 fully saturated rings. The average molecular weight is 323 g/mol. The van der Waals surface area contributed by atoms with Crippen molar-refractivity contribution >= 4 is 17.3 Å². The Bertz CT molecular complexity index is 563. The monoisotopic (exact) mass is 322 g/mol. The van der Waals surface area contributed by atoms with Gasteiger partial charge in [0.2, 0.25) is 0 Å². The van der Waals surface area contributed by atoms with Gasteiger partial charge in [-0.15, -0.1) is 0 Å². The third-order valence-corrected chi connectivity index (χ3v) is 3.39. The fraction of sp³-hybridized carbons (Fsp3) is 0.294. The van der Waals surface area contributed by atoms with Crippen LogP contribution in [0, 0.1) is 5.82 Å². The van der Waals surface area contributed by atoms with Crippen molar-refractivity contribution in [2.24, 2.45) is 0 Å². The Balaban J connectivity index is 1.49. The molecule has 2 aromatic rings. The van der Waals surface area contributed by atoms with Crippen molar-refractivity contribution in [1.82, 2.24) is 5.32 Å². The molecule has 2 rings (SSSR count). The number of ether oxygens (including phenoxy) is 1. The number of rotatable bonds is 9. The molecule has 22 heavy (non-hydrogen) atoms. The van der Waals surface area contributed by atoms with Gasteiger partial charge in [-0.1, -0.05) is 23.7 Å². The molecule has 0 aliphatic rings. The van der Waals surface area contributed by atoms with E-state index in [9.17, 15) is 4.39 Å². The van der Waals surface area contributed by atoms with Gasteiger partial charge in [0, 0.05) is 18.8 Å². The first kappa shape index (κ1) is 16.6. The highest BCUT2D eigenvalue weighted by Crippen LogP contribution is 2.22. The van der Waals surface area contributed by atoms with Crippen molar-refractivity contribution in [2.45, 2.75) is 6.42 Å². The van der Waals surface area contributed by atoms with Gasteiger partial charge in [0.05, 0.1) is 5.02 Å². The predicted molar refractivity (Wildman–Crippen MR) is 89.3 cm³/mol. The highest BCUT2D eigenvalue weighted by molar-refractivity contribution is 6.32. The molecule has 118 valence electrons. The Morgan fingerprint density at radius 3 is 2.50 bits per heavy atom. The molecule has 5 heteroatoms. The van der Waals surface area contributed by atoms with Crippen LogP contribution in [0.5, 0.6) is 5.75 Å². The molecule has 0 saturated heterocycles. The molecule has 0 aliphatic carbocycles. The lowest BCUT2D eigenvalue weighted by Crippen LogP contribution is -2.23. The lowest BCUT2D eigenvalue weighted by molar-refractivity contribution is 0.314. The van der Waals surface area contributed by atoms with E-state index >= 15 is 0 Å². The fourth-order valence-corrected chi connectivity index (χ4v) is 2.12. The number of halogens is 2. The molecule has 0 atom stereocenters. The van der Waals surface area contributed by atoms with E-state index in [2.05, 4.69) is 10.6 Å².